The molecule has 0 fully saturated rings. The molecule has 144 valence electrons. The maximum Gasteiger partial charge on any atom is 0.255 e. The number of carbonyl (C=O) groups excluding carboxylic acids is 1. The number of rotatable bonds is 8. The molecule has 3 aromatic carbocycles. The molecule has 0 radical (unpaired) electrons. The number of hydrogen-bond donors (Lipinski definition) is 1. The fourth-order valence-corrected chi connectivity index (χ4v) is 3.19. The molecule has 0 aliphatic heterocycles. The summed E-state index contributed by atoms with van der Waals surface area (Å²) in [4.78, 5) is 13.1. The Kier molecular flexibility index (Phi) is 6.85. The van der Waals surface area contributed by atoms with Crippen LogP contribution in [0.4, 0.5) is 0 Å². The van der Waals surface area contributed by atoms with E-state index in [2.05, 4.69) is 31.3 Å². The molecule has 0 saturated heterocycles. The van der Waals surface area contributed by atoms with E-state index in [9.17, 15) is 4.79 Å². The third-order valence-electron chi connectivity index (χ3n) is 4.58. The van der Waals surface area contributed by atoms with E-state index in [-0.39, 0.29) is 11.9 Å². The van der Waals surface area contributed by atoms with Crippen molar-refractivity contribution >= 4 is 5.91 Å². The van der Waals surface area contributed by atoms with Gasteiger partial charge in [-0.25, -0.2) is 0 Å². The van der Waals surface area contributed by atoms with E-state index < -0.39 is 0 Å². The first-order valence-corrected chi connectivity index (χ1v) is 9.75. The molecule has 28 heavy (non-hydrogen) atoms. The Labute approximate surface area is 167 Å². The van der Waals surface area contributed by atoms with Gasteiger partial charge in [0.05, 0.1) is 11.6 Å². The lowest BCUT2D eigenvalue weighted by molar-refractivity contribution is 0.0927. The Morgan fingerprint density at radius 2 is 1.46 bits per heavy atom. The van der Waals surface area contributed by atoms with Crippen LogP contribution in [-0.4, -0.2) is 5.91 Å². The van der Waals surface area contributed by atoms with Crippen LogP contribution < -0.4 is 10.1 Å². The molecule has 1 amide bonds. The van der Waals surface area contributed by atoms with Crippen LogP contribution in [0.25, 0.3) is 0 Å². The summed E-state index contributed by atoms with van der Waals surface area (Å²) in [7, 11) is 0. The molecule has 0 aliphatic rings. The lowest BCUT2D eigenvalue weighted by Crippen LogP contribution is -2.29. The molecular weight excluding hydrogens is 346 g/mol. The van der Waals surface area contributed by atoms with Gasteiger partial charge in [-0.2, -0.15) is 0 Å². The van der Waals surface area contributed by atoms with Crippen molar-refractivity contribution in [2.75, 3.05) is 0 Å². The highest BCUT2D eigenvalue weighted by Gasteiger charge is 2.19. The molecular formula is C25H27NO2. The minimum absolute atomic E-state index is 0.0316. The zero-order valence-electron chi connectivity index (χ0n) is 16.5. The molecule has 0 bridgehead atoms. The van der Waals surface area contributed by atoms with Crippen molar-refractivity contribution in [1.82, 2.24) is 5.32 Å². The zero-order chi connectivity index (χ0) is 19.8. The summed E-state index contributed by atoms with van der Waals surface area (Å²) in [5, 5.41) is 3.20. The first-order chi connectivity index (χ1) is 13.6. The second-order valence-electron chi connectivity index (χ2n) is 7.34. The van der Waals surface area contributed by atoms with Crippen molar-refractivity contribution in [3.8, 4) is 5.75 Å². The lowest BCUT2D eigenvalue weighted by atomic mass is 9.96. The van der Waals surface area contributed by atoms with Crippen molar-refractivity contribution in [2.24, 2.45) is 5.92 Å². The topological polar surface area (TPSA) is 38.3 Å². The Morgan fingerprint density at radius 3 is 2.14 bits per heavy atom. The molecule has 1 atom stereocenters. The highest BCUT2D eigenvalue weighted by atomic mass is 16.5. The van der Waals surface area contributed by atoms with Crippen LogP contribution in [0.15, 0.2) is 84.9 Å². The number of hydrogen-bond acceptors (Lipinski definition) is 2. The summed E-state index contributed by atoms with van der Waals surface area (Å²) >= 11 is 0. The SMILES string of the molecule is CC(C)C[C@H](NC(=O)c1ccccc1OCc1ccccc1)c1ccccc1. The maximum atomic E-state index is 13.1. The monoisotopic (exact) mass is 373 g/mol. The average Bonchev–Trinajstić information content (AvgIpc) is 2.73. The van der Waals surface area contributed by atoms with Crippen LogP contribution in [0, 0.1) is 5.92 Å². The van der Waals surface area contributed by atoms with Gasteiger partial charge < -0.3 is 10.1 Å². The number of ether oxygens (including phenoxy) is 1. The molecule has 0 aliphatic carbocycles. The molecule has 1 N–H and O–H groups in total. The summed E-state index contributed by atoms with van der Waals surface area (Å²) in [6, 6.07) is 27.5. The predicted molar refractivity (Wildman–Crippen MR) is 113 cm³/mol. The van der Waals surface area contributed by atoms with Gasteiger partial charge in [-0.15, -0.1) is 0 Å². The molecule has 0 heterocycles. The van der Waals surface area contributed by atoms with E-state index in [1.165, 1.54) is 0 Å². The number of carbonyl (C=O) groups is 1. The van der Waals surface area contributed by atoms with Gasteiger partial charge in [0.25, 0.3) is 5.91 Å². The van der Waals surface area contributed by atoms with Crippen molar-refractivity contribution in [3.63, 3.8) is 0 Å². The van der Waals surface area contributed by atoms with Crippen molar-refractivity contribution < 1.29 is 9.53 Å². The Balaban J connectivity index is 1.75. The van der Waals surface area contributed by atoms with E-state index in [4.69, 9.17) is 4.74 Å². The van der Waals surface area contributed by atoms with Crippen LogP contribution >= 0.6 is 0 Å². The highest BCUT2D eigenvalue weighted by molar-refractivity contribution is 5.97. The largest absolute Gasteiger partial charge is 0.488 e. The van der Waals surface area contributed by atoms with E-state index in [0.29, 0.717) is 23.8 Å². The van der Waals surface area contributed by atoms with Gasteiger partial charge in [0, 0.05) is 0 Å². The van der Waals surface area contributed by atoms with Crippen LogP contribution in [0.2, 0.25) is 0 Å². The van der Waals surface area contributed by atoms with E-state index in [1.807, 2.05) is 72.8 Å². The average molecular weight is 373 g/mol. The fraction of sp³-hybridized carbons (Fsp3) is 0.240. The smallest absolute Gasteiger partial charge is 0.255 e. The second-order valence-corrected chi connectivity index (χ2v) is 7.34. The van der Waals surface area contributed by atoms with Gasteiger partial charge in [-0.1, -0.05) is 86.6 Å². The second kappa shape index (κ2) is 9.75. The number of amides is 1. The number of para-hydroxylation sites is 1. The van der Waals surface area contributed by atoms with Crippen molar-refractivity contribution in [1.29, 1.82) is 0 Å². The first-order valence-electron chi connectivity index (χ1n) is 9.75. The molecule has 3 nitrogen and oxygen atoms in total. The highest BCUT2D eigenvalue weighted by Crippen LogP contribution is 2.24. The quantitative estimate of drug-likeness (QED) is 0.543. The Morgan fingerprint density at radius 1 is 0.857 bits per heavy atom. The molecule has 3 aromatic rings. The van der Waals surface area contributed by atoms with Crippen molar-refractivity contribution in [2.45, 2.75) is 32.9 Å². The van der Waals surface area contributed by atoms with Crippen LogP contribution in [-0.2, 0) is 6.61 Å². The minimum Gasteiger partial charge on any atom is -0.488 e. The predicted octanol–water partition coefficient (Wildman–Crippen LogP) is 5.78. The standard InChI is InChI=1S/C25H27NO2/c1-19(2)17-23(21-13-7-4-8-14-21)26-25(27)22-15-9-10-16-24(22)28-18-20-11-5-3-6-12-20/h3-16,19,23H,17-18H2,1-2H3,(H,26,27)/t23-/m0/s1. The maximum absolute atomic E-state index is 13.1. The first kappa shape index (κ1) is 19.7. The summed E-state index contributed by atoms with van der Waals surface area (Å²) in [5.41, 5.74) is 2.75. The number of benzene rings is 3. The van der Waals surface area contributed by atoms with Crippen LogP contribution in [0.5, 0.6) is 5.75 Å². The summed E-state index contributed by atoms with van der Waals surface area (Å²) < 4.78 is 5.95. The fourth-order valence-electron chi connectivity index (χ4n) is 3.19. The van der Waals surface area contributed by atoms with Gasteiger partial charge in [0.2, 0.25) is 0 Å². The molecule has 3 heteroatoms. The molecule has 0 saturated carbocycles. The van der Waals surface area contributed by atoms with E-state index >= 15 is 0 Å². The molecule has 3 rings (SSSR count). The van der Waals surface area contributed by atoms with Crippen molar-refractivity contribution in [3.05, 3.63) is 102 Å². The van der Waals surface area contributed by atoms with Crippen LogP contribution in [0.3, 0.4) is 0 Å². The Bertz CT molecular complexity index is 875. The third-order valence-corrected chi connectivity index (χ3v) is 4.58. The van der Waals surface area contributed by atoms with Crippen LogP contribution in [0.1, 0.15) is 47.8 Å². The van der Waals surface area contributed by atoms with Gasteiger partial charge in [-0.05, 0) is 35.6 Å². The lowest BCUT2D eigenvalue weighted by Gasteiger charge is -2.22. The summed E-state index contributed by atoms with van der Waals surface area (Å²) in [6.45, 7) is 4.76. The van der Waals surface area contributed by atoms with Gasteiger partial charge in [0.15, 0.2) is 0 Å². The molecule has 0 unspecified atom stereocenters. The number of nitrogens with one attached hydrogen (secondary N) is 1. The van der Waals surface area contributed by atoms with E-state index in [0.717, 1.165) is 17.5 Å². The van der Waals surface area contributed by atoms with Gasteiger partial charge >= 0.3 is 0 Å². The summed E-state index contributed by atoms with van der Waals surface area (Å²) in [5.74, 6) is 0.952. The van der Waals surface area contributed by atoms with Gasteiger partial charge in [0.1, 0.15) is 12.4 Å². The molecule has 0 aromatic heterocycles. The normalized spacial score (nSPS) is 11.8. The Hall–Kier alpha value is -3.07. The molecule has 0 spiro atoms. The third kappa shape index (κ3) is 5.46. The van der Waals surface area contributed by atoms with E-state index in [1.54, 1.807) is 0 Å². The summed E-state index contributed by atoms with van der Waals surface area (Å²) in [6.07, 6.45) is 0.878. The van der Waals surface area contributed by atoms with Gasteiger partial charge in [-0.3, -0.25) is 4.79 Å². The minimum atomic E-state index is -0.113. The zero-order valence-corrected chi connectivity index (χ0v) is 16.5.